The lowest BCUT2D eigenvalue weighted by Gasteiger charge is -2.37. The molecule has 0 amide bonds. The predicted octanol–water partition coefficient (Wildman–Crippen LogP) is 2.81. The Hall–Kier alpha value is -1.62. The molecule has 7 nitrogen and oxygen atoms in total. The van der Waals surface area contributed by atoms with Gasteiger partial charge in [0.2, 0.25) is 0 Å². The van der Waals surface area contributed by atoms with Crippen molar-refractivity contribution < 1.29 is 13.5 Å². The summed E-state index contributed by atoms with van der Waals surface area (Å²) in [6.07, 6.45) is 1.30. The van der Waals surface area contributed by atoms with Crippen molar-refractivity contribution >= 4 is 33.3 Å². The Labute approximate surface area is 195 Å². The second-order valence-corrected chi connectivity index (χ2v) is 11.6. The lowest BCUT2D eigenvalue weighted by atomic mass is 9.96. The van der Waals surface area contributed by atoms with Crippen LogP contribution in [0, 0.1) is 12.8 Å². The van der Waals surface area contributed by atoms with Gasteiger partial charge in [0.15, 0.2) is 0 Å². The second kappa shape index (κ2) is 9.70. The van der Waals surface area contributed by atoms with Crippen LogP contribution >= 0.6 is 11.8 Å². The molecule has 0 saturated carbocycles. The molecule has 2 aliphatic heterocycles. The Morgan fingerprint density at radius 1 is 1.12 bits per heavy atom. The third-order valence-electron chi connectivity index (χ3n) is 6.30. The molecule has 2 aromatic rings. The minimum Gasteiger partial charge on any atom is -0.390 e. The largest absolute Gasteiger partial charge is 0.390 e. The van der Waals surface area contributed by atoms with Crippen LogP contribution in [0.15, 0.2) is 52.3 Å². The van der Waals surface area contributed by atoms with E-state index >= 15 is 0 Å². The van der Waals surface area contributed by atoms with E-state index in [1.807, 2.05) is 6.07 Å². The van der Waals surface area contributed by atoms with Crippen molar-refractivity contribution in [2.45, 2.75) is 35.7 Å². The van der Waals surface area contributed by atoms with Gasteiger partial charge in [-0.25, -0.2) is 5.14 Å². The van der Waals surface area contributed by atoms with Gasteiger partial charge in [0, 0.05) is 29.9 Å². The Morgan fingerprint density at radius 3 is 2.53 bits per heavy atom. The number of benzene rings is 2. The quantitative estimate of drug-likeness (QED) is 0.639. The highest BCUT2D eigenvalue weighted by Gasteiger charge is 2.28. The maximum Gasteiger partial charge on any atom is 0.276 e. The number of nitrogens with two attached hydrogens (primary N) is 1. The van der Waals surface area contributed by atoms with Crippen LogP contribution < -0.4 is 10.0 Å². The first-order valence-corrected chi connectivity index (χ1v) is 13.3. The number of hydrogen-bond acceptors (Lipinski definition) is 6. The molecular formula is C23H32N4O3S2. The summed E-state index contributed by atoms with van der Waals surface area (Å²) in [6, 6.07) is 14.8. The maximum absolute atomic E-state index is 11.5. The fourth-order valence-electron chi connectivity index (χ4n) is 4.52. The molecule has 174 valence electrons. The summed E-state index contributed by atoms with van der Waals surface area (Å²) in [6.45, 7) is 5.38. The first kappa shape index (κ1) is 23.5. The van der Waals surface area contributed by atoms with Crippen LogP contribution in [0.2, 0.25) is 0 Å². The Morgan fingerprint density at radius 2 is 1.81 bits per heavy atom. The van der Waals surface area contributed by atoms with Gasteiger partial charge in [-0.15, -0.1) is 0 Å². The lowest BCUT2D eigenvalue weighted by Crippen LogP contribution is -2.45. The minimum absolute atomic E-state index is 0.299. The molecule has 1 saturated heterocycles. The standard InChI is InChI=1S/C23H32N4O3S2/c1-17-7-8-23-21(13-17)27(20-5-3-4-6-22(20)31-23)16-19(28)15-26-11-9-18(10-12-26)14-25(2)32(24,29)30/h3-8,13,18-19,28H,9-12,14-16H2,1-2H3,(H2,24,29,30). The van der Waals surface area contributed by atoms with Crippen LogP contribution in [-0.2, 0) is 10.2 Å². The first-order chi connectivity index (χ1) is 15.2. The van der Waals surface area contributed by atoms with Crippen LogP contribution in [0.1, 0.15) is 18.4 Å². The molecular weight excluding hydrogens is 444 g/mol. The van der Waals surface area contributed by atoms with Crippen molar-refractivity contribution in [2.75, 3.05) is 44.7 Å². The van der Waals surface area contributed by atoms with Gasteiger partial charge in [0.05, 0.1) is 24.0 Å². The Bertz CT molecular complexity index is 1050. The molecule has 32 heavy (non-hydrogen) atoms. The van der Waals surface area contributed by atoms with E-state index in [1.165, 1.54) is 26.7 Å². The summed E-state index contributed by atoms with van der Waals surface area (Å²) in [5, 5.41) is 16.2. The summed E-state index contributed by atoms with van der Waals surface area (Å²) >= 11 is 1.77. The molecule has 0 radical (unpaired) electrons. The molecule has 0 aliphatic carbocycles. The maximum atomic E-state index is 11.5. The van der Waals surface area contributed by atoms with Crippen LogP contribution in [0.3, 0.4) is 0 Å². The SMILES string of the molecule is Cc1ccc2c(c1)N(CC(O)CN1CCC(CN(C)S(N)(=O)=O)CC1)c1ccccc1S2. The molecule has 2 aliphatic rings. The average Bonchev–Trinajstić information content (AvgIpc) is 2.74. The van der Waals surface area contributed by atoms with E-state index < -0.39 is 16.3 Å². The molecule has 9 heteroatoms. The third-order valence-corrected chi connectivity index (χ3v) is 8.45. The zero-order valence-corrected chi connectivity index (χ0v) is 20.3. The molecule has 3 N–H and O–H groups in total. The van der Waals surface area contributed by atoms with E-state index in [0.29, 0.717) is 25.6 Å². The number of para-hydroxylation sites is 1. The summed E-state index contributed by atoms with van der Waals surface area (Å²) in [5.41, 5.74) is 3.49. The van der Waals surface area contributed by atoms with Crippen molar-refractivity contribution in [1.29, 1.82) is 0 Å². The van der Waals surface area contributed by atoms with Crippen molar-refractivity contribution in [3.63, 3.8) is 0 Å². The molecule has 0 bridgehead atoms. The van der Waals surface area contributed by atoms with Crippen molar-refractivity contribution in [3.05, 3.63) is 48.0 Å². The van der Waals surface area contributed by atoms with Gasteiger partial charge in [0.1, 0.15) is 0 Å². The fourth-order valence-corrected chi connectivity index (χ4v) is 6.02. The molecule has 1 unspecified atom stereocenters. The van der Waals surface area contributed by atoms with Gasteiger partial charge in [-0.3, -0.25) is 0 Å². The fraction of sp³-hybridized carbons (Fsp3) is 0.478. The van der Waals surface area contributed by atoms with Crippen LogP contribution in [0.4, 0.5) is 11.4 Å². The number of aryl methyl sites for hydroxylation is 1. The summed E-state index contributed by atoms with van der Waals surface area (Å²) in [5.74, 6) is 0.299. The van der Waals surface area contributed by atoms with Gasteiger partial charge in [0.25, 0.3) is 10.2 Å². The molecule has 0 aromatic heterocycles. The molecule has 0 spiro atoms. The number of nitrogens with zero attached hydrogens (tertiary/aromatic N) is 3. The van der Waals surface area contributed by atoms with Crippen LogP contribution in [0.5, 0.6) is 0 Å². The van der Waals surface area contributed by atoms with Crippen molar-refractivity contribution in [1.82, 2.24) is 9.21 Å². The van der Waals surface area contributed by atoms with E-state index in [2.05, 4.69) is 53.1 Å². The molecule has 2 aromatic carbocycles. The average molecular weight is 477 g/mol. The third kappa shape index (κ3) is 5.47. The van der Waals surface area contributed by atoms with Crippen LogP contribution in [-0.4, -0.2) is 68.6 Å². The number of anilines is 2. The van der Waals surface area contributed by atoms with E-state index in [9.17, 15) is 13.5 Å². The normalized spacial score (nSPS) is 18.5. The van der Waals surface area contributed by atoms with Crippen molar-refractivity contribution in [2.24, 2.45) is 11.1 Å². The van der Waals surface area contributed by atoms with E-state index in [1.54, 1.807) is 11.8 Å². The van der Waals surface area contributed by atoms with Gasteiger partial charge in [-0.05, 0) is 68.6 Å². The Kier molecular flexibility index (Phi) is 7.14. The zero-order chi connectivity index (χ0) is 22.9. The Balaban J connectivity index is 1.38. The predicted molar refractivity (Wildman–Crippen MR) is 130 cm³/mol. The number of aliphatic hydroxyl groups excluding tert-OH is 1. The molecule has 1 fully saturated rings. The number of β-amino-alcohol motifs (C(OH)–C–C–N with tert-alkyl or cyclic N) is 1. The van der Waals surface area contributed by atoms with Gasteiger partial charge >= 0.3 is 0 Å². The number of aliphatic hydroxyl groups is 1. The topological polar surface area (TPSA) is 90.1 Å². The number of hydrogen-bond donors (Lipinski definition) is 2. The summed E-state index contributed by atoms with van der Waals surface area (Å²) < 4.78 is 24.1. The van der Waals surface area contributed by atoms with E-state index in [4.69, 9.17) is 5.14 Å². The number of likely N-dealkylation sites (tertiary alicyclic amines) is 1. The van der Waals surface area contributed by atoms with E-state index in [-0.39, 0.29) is 0 Å². The number of rotatable bonds is 7. The van der Waals surface area contributed by atoms with Crippen molar-refractivity contribution in [3.8, 4) is 0 Å². The van der Waals surface area contributed by atoms with Crippen LogP contribution in [0.25, 0.3) is 0 Å². The lowest BCUT2D eigenvalue weighted by molar-refractivity contribution is 0.0914. The number of fused-ring (bicyclic) bond motifs is 2. The van der Waals surface area contributed by atoms with Gasteiger partial charge < -0.3 is 14.9 Å². The van der Waals surface area contributed by atoms with Gasteiger partial charge in [-0.1, -0.05) is 30.0 Å². The summed E-state index contributed by atoms with van der Waals surface area (Å²) in [7, 11) is -2.10. The second-order valence-electron chi connectivity index (χ2n) is 8.87. The van der Waals surface area contributed by atoms with E-state index in [0.717, 1.165) is 37.3 Å². The molecule has 1 atom stereocenters. The monoisotopic (exact) mass is 476 g/mol. The highest BCUT2D eigenvalue weighted by Crippen LogP contribution is 2.48. The minimum atomic E-state index is -3.63. The summed E-state index contributed by atoms with van der Waals surface area (Å²) in [4.78, 5) is 6.93. The first-order valence-electron chi connectivity index (χ1n) is 11.0. The molecule has 2 heterocycles. The number of piperidine rings is 1. The van der Waals surface area contributed by atoms with Gasteiger partial charge in [-0.2, -0.15) is 12.7 Å². The smallest absolute Gasteiger partial charge is 0.276 e. The molecule has 4 rings (SSSR count). The highest BCUT2D eigenvalue weighted by atomic mass is 32.2. The zero-order valence-electron chi connectivity index (χ0n) is 18.6. The highest BCUT2D eigenvalue weighted by molar-refractivity contribution is 7.99.